The van der Waals surface area contributed by atoms with Gasteiger partial charge in [-0.25, -0.2) is 5.43 Å². The van der Waals surface area contributed by atoms with E-state index in [9.17, 15) is 9.90 Å². The second-order valence-corrected chi connectivity index (χ2v) is 4.86. The molecule has 6 nitrogen and oxygen atoms in total. The molecule has 0 aliphatic carbocycles. The number of anilines is 1. The second kappa shape index (κ2) is 7.93. The van der Waals surface area contributed by atoms with Gasteiger partial charge in [-0.05, 0) is 38.1 Å². The molecule has 2 rings (SSSR count). The topological polar surface area (TPSA) is 77.8 Å². The fraction of sp³-hybridized carbons (Fsp3) is 0.235. The monoisotopic (exact) mass is 312 g/mol. The minimum atomic E-state index is -0.353. The summed E-state index contributed by atoms with van der Waals surface area (Å²) < 4.78 is 0. The van der Waals surface area contributed by atoms with Gasteiger partial charge in [0.2, 0.25) is 0 Å². The van der Waals surface area contributed by atoms with Gasteiger partial charge >= 0.3 is 0 Å². The number of carbonyl (C=O) groups is 1. The van der Waals surface area contributed by atoms with Crippen molar-refractivity contribution in [3.8, 4) is 5.75 Å². The molecule has 1 heterocycles. The number of rotatable bonds is 6. The van der Waals surface area contributed by atoms with Crippen molar-refractivity contribution in [3.63, 3.8) is 0 Å². The van der Waals surface area contributed by atoms with E-state index in [-0.39, 0.29) is 11.7 Å². The molecule has 0 aliphatic rings. The number of hydrogen-bond acceptors (Lipinski definition) is 5. The maximum Gasteiger partial charge on any atom is 0.272 e. The zero-order chi connectivity index (χ0) is 16.7. The molecule has 0 spiro atoms. The molecule has 2 aromatic rings. The van der Waals surface area contributed by atoms with Crippen LogP contribution in [0.15, 0.2) is 47.8 Å². The maximum atomic E-state index is 11.8. The summed E-state index contributed by atoms with van der Waals surface area (Å²) in [5, 5.41) is 13.9. The molecular weight excluding hydrogens is 292 g/mol. The first-order valence-electron chi connectivity index (χ1n) is 7.47. The predicted octanol–water partition coefficient (Wildman–Crippen LogP) is 2.40. The molecule has 0 fully saturated rings. The van der Waals surface area contributed by atoms with E-state index >= 15 is 0 Å². The van der Waals surface area contributed by atoms with E-state index in [1.54, 1.807) is 30.5 Å². The number of aromatic hydroxyl groups is 1. The van der Waals surface area contributed by atoms with E-state index in [2.05, 4.69) is 34.3 Å². The highest BCUT2D eigenvalue weighted by atomic mass is 16.3. The standard InChI is InChI=1S/C17H20N4O2/c1-3-21(4-2)15-8-7-13(16(22)10-15)12-19-20-17(23)14-6-5-9-18-11-14/h5-12,22H,3-4H2,1-2H3,(H,20,23)/b19-12+. The Morgan fingerprint density at radius 2 is 2.13 bits per heavy atom. The normalized spacial score (nSPS) is 10.7. The summed E-state index contributed by atoms with van der Waals surface area (Å²) in [4.78, 5) is 17.8. The van der Waals surface area contributed by atoms with Crippen LogP contribution in [0.1, 0.15) is 29.8 Å². The van der Waals surface area contributed by atoms with E-state index in [0.717, 1.165) is 18.8 Å². The van der Waals surface area contributed by atoms with Crippen molar-refractivity contribution >= 4 is 17.8 Å². The molecule has 1 aromatic carbocycles. The van der Waals surface area contributed by atoms with Crippen LogP contribution in [0.2, 0.25) is 0 Å². The van der Waals surface area contributed by atoms with Crippen LogP contribution >= 0.6 is 0 Å². The Morgan fingerprint density at radius 1 is 1.35 bits per heavy atom. The molecular formula is C17H20N4O2. The summed E-state index contributed by atoms with van der Waals surface area (Å²) in [5.74, 6) is -0.234. The van der Waals surface area contributed by atoms with Crippen molar-refractivity contribution < 1.29 is 9.90 Å². The van der Waals surface area contributed by atoms with Crippen LogP contribution in [0.25, 0.3) is 0 Å². The lowest BCUT2D eigenvalue weighted by molar-refractivity contribution is 0.0954. The van der Waals surface area contributed by atoms with Crippen molar-refractivity contribution in [2.24, 2.45) is 5.10 Å². The third kappa shape index (κ3) is 4.29. The molecule has 6 heteroatoms. The highest BCUT2D eigenvalue weighted by Gasteiger charge is 2.06. The fourth-order valence-corrected chi connectivity index (χ4v) is 2.15. The van der Waals surface area contributed by atoms with Crippen molar-refractivity contribution in [2.45, 2.75) is 13.8 Å². The number of nitrogens with one attached hydrogen (secondary N) is 1. The number of amides is 1. The average Bonchev–Trinajstić information content (AvgIpc) is 2.58. The third-order valence-electron chi connectivity index (χ3n) is 3.44. The molecule has 0 unspecified atom stereocenters. The first-order chi connectivity index (χ1) is 11.2. The van der Waals surface area contributed by atoms with Gasteiger partial charge < -0.3 is 10.0 Å². The summed E-state index contributed by atoms with van der Waals surface area (Å²) in [6, 6.07) is 8.70. The highest BCUT2D eigenvalue weighted by Crippen LogP contribution is 2.23. The van der Waals surface area contributed by atoms with Gasteiger partial charge in [-0.15, -0.1) is 0 Å². The lowest BCUT2D eigenvalue weighted by Gasteiger charge is -2.21. The Kier molecular flexibility index (Phi) is 5.68. The van der Waals surface area contributed by atoms with Crippen LogP contribution in [0.5, 0.6) is 5.75 Å². The summed E-state index contributed by atoms with van der Waals surface area (Å²) in [7, 11) is 0. The van der Waals surface area contributed by atoms with Crippen LogP contribution < -0.4 is 10.3 Å². The van der Waals surface area contributed by atoms with Gasteiger partial charge in [0.05, 0.1) is 11.8 Å². The SMILES string of the molecule is CCN(CC)c1ccc(/C=N/NC(=O)c2cccnc2)c(O)c1. The number of benzene rings is 1. The zero-order valence-electron chi connectivity index (χ0n) is 13.2. The Balaban J connectivity index is 2.04. The quantitative estimate of drug-likeness (QED) is 0.634. The number of hydrogen-bond donors (Lipinski definition) is 2. The van der Waals surface area contributed by atoms with Crippen molar-refractivity contribution in [1.29, 1.82) is 0 Å². The number of phenols is 1. The van der Waals surface area contributed by atoms with Crippen LogP contribution in [0, 0.1) is 0 Å². The first-order valence-corrected chi connectivity index (χ1v) is 7.47. The Bertz CT molecular complexity index is 682. The predicted molar refractivity (Wildman–Crippen MR) is 91.0 cm³/mol. The van der Waals surface area contributed by atoms with Gasteiger partial charge in [-0.2, -0.15) is 5.10 Å². The van der Waals surface area contributed by atoms with Crippen LogP contribution in [-0.4, -0.2) is 35.3 Å². The summed E-state index contributed by atoms with van der Waals surface area (Å²) in [6.45, 7) is 5.85. The van der Waals surface area contributed by atoms with E-state index < -0.39 is 0 Å². The van der Waals surface area contributed by atoms with E-state index in [4.69, 9.17) is 0 Å². The summed E-state index contributed by atoms with van der Waals surface area (Å²) in [6.07, 6.45) is 4.46. The molecule has 0 saturated carbocycles. The number of nitrogens with zero attached hydrogens (tertiary/aromatic N) is 3. The van der Waals surface area contributed by atoms with E-state index in [1.807, 2.05) is 6.07 Å². The largest absolute Gasteiger partial charge is 0.507 e. The summed E-state index contributed by atoms with van der Waals surface area (Å²) in [5.41, 5.74) is 4.31. The van der Waals surface area contributed by atoms with Crippen molar-refractivity contribution in [1.82, 2.24) is 10.4 Å². The molecule has 1 amide bonds. The number of phenolic OH excluding ortho intramolecular Hbond substituents is 1. The third-order valence-corrected chi connectivity index (χ3v) is 3.44. The molecule has 0 saturated heterocycles. The smallest absolute Gasteiger partial charge is 0.272 e. The molecule has 0 radical (unpaired) electrons. The fourth-order valence-electron chi connectivity index (χ4n) is 2.15. The Hall–Kier alpha value is -2.89. The van der Waals surface area contributed by atoms with Gasteiger partial charge in [0.25, 0.3) is 5.91 Å². The van der Waals surface area contributed by atoms with Gasteiger partial charge in [0.1, 0.15) is 5.75 Å². The number of hydrazone groups is 1. The van der Waals surface area contributed by atoms with Crippen molar-refractivity contribution in [2.75, 3.05) is 18.0 Å². The Labute approximate surface area is 135 Å². The van der Waals surface area contributed by atoms with Crippen LogP contribution in [0.3, 0.4) is 0 Å². The Morgan fingerprint density at radius 3 is 2.74 bits per heavy atom. The maximum absolute atomic E-state index is 11.8. The van der Waals surface area contributed by atoms with Crippen LogP contribution in [-0.2, 0) is 0 Å². The van der Waals surface area contributed by atoms with E-state index in [1.165, 1.54) is 12.4 Å². The number of carbonyl (C=O) groups excluding carboxylic acids is 1. The minimum absolute atomic E-state index is 0.119. The van der Waals surface area contributed by atoms with Crippen molar-refractivity contribution in [3.05, 3.63) is 53.9 Å². The van der Waals surface area contributed by atoms with E-state index in [0.29, 0.717) is 11.1 Å². The summed E-state index contributed by atoms with van der Waals surface area (Å²) >= 11 is 0. The van der Waals surface area contributed by atoms with Gasteiger partial charge in [0.15, 0.2) is 0 Å². The highest BCUT2D eigenvalue weighted by molar-refractivity contribution is 5.94. The lowest BCUT2D eigenvalue weighted by Crippen LogP contribution is -2.21. The molecule has 23 heavy (non-hydrogen) atoms. The molecule has 2 N–H and O–H groups in total. The van der Waals surface area contributed by atoms with Gasteiger partial charge in [-0.3, -0.25) is 9.78 Å². The minimum Gasteiger partial charge on any atom is -0.507 e. The van der Waals surface area contributed by atoms with Crippen LogP contribution in [0.4, 0.5) is 5.69 Å². The molecule has 0 bridgehead atoms. The average molecular weight is 312 g/mol. The lowest BCUT2D eigenvalue weighted by atomic mass is 10.2. The second-order valence-electron chi connectivity index (χ2n) is 4.86. The molecule has 120 valence electrons. The molecule has 1 aromatic heterocycles. The zero-order valence-corrected chi connectivity index (χ0v) is 13.2. The number of aromatic nitrogens is 1. The molecule has 0 atom stereocenters. The molecule has 0 aliphatic heterocycles. The number of pyridine rings is 1. The van der Waals surface area contributed by atoms with Gasteiger partial charge in [-0.1, -0.05) is 0 Å². The van der Waals surface area contributed by atoms with Gasteiger partial charge in [0, 0.05) is 42.8 Å². The first kappa shape index (κ1) is 16.5.